The average Bonchev–Trinajstić information content (AvgIpc) is 2.94. The fraction of sp³-hybridized carbons (Fsp3) is 0.879. The number of likely N-dealkylation sites (N-methyl/N-ethyl adjacent to an activating group) is 1. The normalized spacial score (nSPS) is 14.1. The monoisotopic (exact) mass is 634 g/mol. The molecule has 43 heavy (non-hydrogen) atoms. The van der Waals surface area contributed by atoms with Crippen molar-refractivity contribution in [3.8, 4) is 0 Å². The van der Waals surface area contributed by atoms with Gasteiger partial charge >= 0.3 is 19.8 Å². The standard InChI is InChI=1S/C33H64NO8P/c1-6-8-10-12-13-14-15-16-17-18-19-20-21-22-24-26-33(36)42-31(29-39-32(35)25-23-11-9-7-2)30-41-43(37,38)40-28-27-34(3,4)5/h13-14,31H,6-12,15-30H2,1-5H3/p+1/b14-13+/t31-/m1/s1. The first-order chi connectivity index (χ1) is 20.5. The Morgan fingerprint density at radius 1 is 0.698 bits per heavy atom. The van der Waals surface area contributed by atoms with E-state index in [4.69, 9.17) is 18.5 Å². The Morgan fingerprint density at radius 3 is 1.77 bits per heavy atom. The lowest BCUT2D eigenvalue weighted by Crippen LogP contribution is -2.37. The fourth-order valence-corrected chi connectivity index (χ4v) is 5.04. The Labute approximate surface area is 263 Å². The molecule has 0 aromatic heterocycles. The van der Waals surface area contributed by atoms with Crippen molar-refractivity contribution in [1.82, 2.24) is 0 Å². The first kappa shape index (κ1) is 41.8. The first-order valence-electron chi connectivity index (χ1n) is 16.9. The topological polar surface area (TPSA) is 108 Å². The molecule has 0 radical (unpaired) electrons. The molecular formula is C33H65NO8P+. The zero-order chi connectivity index (χ0) is 32.2. The third-order valence-corrected chi connectivity index (χ3v) is 8.03. The maximum absolute atomic E-state index is 12.5. The number of nitrogens with zero attached hydrogens (tertiary/aromatic N) is 1. The number of quaternary nitrogens is 1. The van der Waals surface area contributed by atoms with Gasteiger partial charge in [0.05, 0.1) is 27.7 Å². The molecule has 0 aliphatic heterocycles. The van der Waals surface area contributed by atoms with Crippen LogP contribution in [-0.4, -0.2) is 74.9 Å². The molecular weight excluding hydrogens is 569 g/mol. The lowest BCUT2D eigenvalue weighted by atomic mass is 10.1. The molecule has 254 valence electrons. The van der Waals surface area contributed by atoms with E-state index in [9.17, 15) is 19.0 Å². The molecule has 0 rings (SSSR count). The minimum absolute atomic E-state index is 0.0328. The molecule has 0 aromatic carbocycles. The number of ether oxygens (including phenoxy) is 2. The predicted molar refractivity (Wildman–Crippen MR) is 174 cm³/mol. The van der Waals surface area contributed by atoms with Gasteiger partial charge in [0.1, 0.15) is 19.8 Å². The molecule has 0 saturated heterocycles. The SMILES string of the molecule is CCCCC/C=C/CCCCCCCCCCC(=O)O[C@H](COC(=O)CCCCCC)COP(=O)(O)OCC[N+](C)(C)C. The van der Waals surface area contributed by atoms with Crippen LogP contribution in [0.1, 0.15) is 136 Å². The number of carbonyl (C=O) groups excluding carboxylic acids is 2. The maximum Gasteiger partial charge on any atom is 0.472 e. The van der Waals surface area contributed by atoms with Gasteiger partial charge in [0, 0.05) is 12.8 Å². The van der Waals surface area contributed by atoms with Crippen LogP contribution in [0, 0.1) is 0 Å². The van der Waals surface area contributed by atoms with Crippen molar-refractivity contribution in [2.75, 3.05) is 47.5 Å². The summed E-state index contributed by atoms with van der Waals surface area (Å²) in [6, 6.07) is 0. The van der Waals surface area contributed by atoms with Crippen molar-refractivity contribution in [3.63, 3.8) is 0 Å². The molecule has 2 atom stereocenters. The molecule has 1 N–H and O–H groups in total. The van der Waals surface area contributed by atoms with Crippen molar-refractivity contribution < 1.29 is 42.1 Å². The smallest absolute Gasteiger partial charge is 0.462 e. The highest BCUT2D eigenvalue weighted by atomic mass is 31.2. The summed E-state index contributed by atoms with van der Waals surface area (Å²) in [6.07, 6.45) is 23.1. The number of phosphoric acid groups is 1. The van der Waals surface area contributed by atoms with E-state index in [1.165, 1.54) is 57.8 Å². The van der Waals surface area contributed by atoms with Crippen molar-refractivity contribution >= 4 is 19.8 Å². The largest absolute Gasteiger partial charge is 0.472 e. The van der Waals surface area contributed by atoms with Crippen molar-refractivity contribution in [1.29, 1.82) is 0 Å². The number of hydrogen-bond acceptors (Lipinski definition) is 7. The second-order valence-corrected chi connectivity index (χ2v) is 14.0. The summed E-state index contributed by atoms with van der Waals surface area (Å²) in [7, 11) is 1.47. The highest BCUT2D eigenvalue weighted by Crippen LogP contribution is 2.43. The molecule has 9 nitrogen and oxygen atoms in total. The molecule has 0 bridgehead atoms. The minimum atomic E-state index is -4.35. The highest BCUT2D eigenvalue weighted by molar-refractivity contribution is 7.47. The van der Waals surface area contributed by atoms with Crippen molar-refractivity contribution in [3.05, 3.63) is 12.2 Å². The Hall–Kier alpha value is -1.25. The summed E-state index contributed by atoms with van der Waals surface area (Å²) in [6.45, 7) is 4.24. The van der Waals surface area contributed by atoms with E-state index in [1.54, 1.807) is 0 Å². The Balaban J connectivity index is 4.34. The summed E-state index contributed by atoms with van der Waals surface area (Å²) in [4.78, 5) is 34.7. The first-order valence-corrected chi connectivity index (χ1v) is 18.4. The highest BCUT2D eigenvalue weighted by Gasteiger charge is 2.27. The van der Waals surface area contributed by atoms with E-state index in [-0.39, 0.29) is 32.0 Å². The molecule has 0 amide bonds. The zero-order valence-corrected chi connectivity index (χ0v) is 29.1. The van der Waals surface area contributed by atoms with Gasteiger partial charge in [0.25, 0.3) is 0 Å². The Kier molecular flexibility index (Phi) is 26.3. The van der Waals surface area contributed by atoms with Gasteiger partial charge in [0.2, 0.25) is 0 Å². The molecule has 0 saturated carbocycles. The number of carbonyl (C=O) groups is 2. The van der Waals surface area contributed by atoms with E-state index in [1.807, 2.05) is 21.1 Å². The van der Waals surface area contributed by atoms with E-state index in [0.29, 0.717) is 17.4 Å². The number of phosphoric ester groups is 1. The summed E-state index contributed by atoms with van der Waals surface area (Å²) < 4.78 is 33.8. The van der Waals surface area contributed by atoms with E-state index < -0.39 is 26.5 Å². The Bertz CT molecular complexity index is 768. The number of allylic oxidation sites excluding steroid dienone is 2. The van der Waals surface area contributed by atoms with Crippen LogP contribution in [0.3, 0.4) is 0 Å². The quantitative estimate of drug-likeness (QED) is 0.0276. The van der Waals surface area contributed by atoms with E-state index >= 15 is 0 Å². The van der Waals surface area contributed by atoms with Gasteiger partial charge in [-0.05, 0) is 38.5 Å². The van der Waals surface area contributed by atoms with Gasteiger partial charge < -0.3 is 18.9 Å². The second kappa shape index (κ2) is 27.1. The van der Waals surface area contributed by atoms with Crippen molar-refractivity contribution in [2.24, 2.45) is 0 Å². The lowest BCUT2D eigenvalue weighted by molar-refractivity contribution is -0.870. The summed E-state index contributed by atoms with van der Waals surface area (Å²) in [5.74, 6) is -0.823. The van der Waals surface area contributed by atoms with Crippen LogP contribution < -0.4 is 0 Å². The van der Waals surface area contributed by atoms with Gasteiger partial charge in [-0.3, -0.25) is 18.6 Å². The van der Waals surface area contributed by atoms with Crippen LogP contribution in [0.2, 0.25) is 0 Å². The van der Waals surface area contributed by atoms with Crippen LogP contribution in [0.25, 0.3) is 0 Å². The van der Waals surface area contributed by atoms with Crippen LogP contribution in [-0.2, 0) is 32.7 Å². The second-order valence-electron chi connectivity index (χ2n) is 12.6. The number of hydrogen-bond donors (Lipinski definition) is 1. The fourth-order valence-electron chi connectivity index (χ4n) is 4.30. The zero-order valence-electron chi connectivity index (χ0n) is 28.2. The van der Waals surface area contributed by atoms with E-state index in [2.05, 4.69) is 26.0 Å². The van der Waals surface area contributed by atoms with E-state index in [0.717, 1.165) is 44.9 Å². The van der Waals surface area contributed by atoms with Crippen LogP contribution >= 0.6 is 7.82 Å². The summed E-state index contributed by atoms with van der Waals surface area (Å²) in [5.41, 5.74) is 0. The molecule has 0 spiro atoms. The van der Waals surface area contributed by atoms with Crippen LogP contribution in [0.15, 0.2) is 12.2 Å². The lowest BCUT2D eigenvalue weighted by Gasteiger charge is -2.24. The third-order valence-electron chi connectivity index (χ3n) is 7.05. The van der Waals surface area contributed by atoms with Gasteiger partial charge in [-0.2, -0.15) is 0 Å². The van der Waals surface area contributed by atoms with Crippen molar-refractivity contribution in [2.45, 2.75) is 142 Å². The molecule has 0 aliphatic carbocycles. The average molecular weight is 635 g/mol. The number of unbranched alkanes of at least 4 members (excludes halogenated alkanes) is 14. The third kappa shape index (κ3) is 30.6. The summed E-state index contributed by atoms with van der Waals surface area (Å²) >= 11 is 0. The Morgan fingerprint density at radius 2 is 1.19 bits per heavy atom. The van der Waals surface area contributed by atoms with Gasteiger partial charge in [-0.25, -0.2) is 4.57 Å². The maximum atomic E-state index is 12.5. The molecule has 0 heterocycles. The minimum Gasteiger partial charge on any atom is -0.462 e. The molecule has 0 fully saturated rings. The number of esters is 2. The number of rotatable bonds is 30. The van der Waals surface area contributed by atoms with Gasteiger partial charge in [0.15, 0.2) is 6.10 Å². The van der Waals surface area contributed by atoms with Crippen LogP contribution in [0.5, 0.6) is 0 Å². The predicted octanol–water partition coefficient (Wildman–Crippen LogP) is 8.29. The summed E-state index contributed by atoms with van der Waals surface area (Å²) in [5, 5.41) is 0. The molecule has 0 aliphatic rings. The van der Waals surface area contributed by atoms with Gasteiger partial charge in [-0.1, -0.05) is 96.6 Å². The van der Waals surface area contributed by atoms with Crippen LogP contribution in [0.4, 0.5) is 0 Å². The van der Waals surface area contributed by atoms with Gasteiger partial charge in [-0.15, -0.1) is 0 Å². The molecule has 1 unspecified atom stereocenters. The molecule has 10 heteroatoms. The molecule has 0 aromatic rings.